The normalized spacial score (nSPS) is 32.3. The number of benzene rings is 1. The second-order valence-electron chi connectivity index (χ2n) is 5.50. The van der Waals surface area contributed by atoms with Gasteiger partial charge in [-0.15, -0.1) is 0 Å². The van der Waals surface area contributed by atoms with Crippen LogP contribution >= 0.6 is 0 Å². The summed E-state index contributed by atoms with van der Waals surface area (Å²) in [4.78, 5) is 25.3. The van der Waals surface area contributed by atoms with Gasteiger partial charge in [0.15, 0.2) is 0 Å². The summed E-state index contributed by atoms with van der Waals surface area (Å²) < 4.78 is 5.71. The number of nitrogens with zero attached hydrogens (tertiary/aromatic N) is 1. The van der Waals surface area contributed by atoms with Crippen LogP contribution in [0, 0.1) is 0 Å². The number of fused-ring (bicyclic) bond motifs is 3. The molecule has 2 saturated heterocycles. The minimum Gasteiger partial charge on any atom is -0.398 e. The Morgan fingerprint density at radius 3 is 3.00 bits per heavy atom. The molecule has 2 amide bonds. The summed E-state index contributed by atoms with van der Waals surface area (Å²) in [5.41, 5.74) is 8.93. The van der Waals surface area contributed by atoms with E-state index in [0.717, 1.165) is 16.8 Å². The van der Waals surface area contributed by atoms with Crippen molar-refractivity contribution in [3.63, 3.8) is 0 Å². The third-order valence-electron chi connectivity index (χ3n) is 4.30. The zero-order chi connectivity index (χ0) is 13.9. The molecule has 2 fully saturated rings. The number of nitrogens with two attached hydrogens (primary N) is 1. The van der Waals surface area contributed by atoms with Crippen LogP contribution in [-0.2, 0) is 20.9 Å². The van der Waals surface area contributed by atoms with Gasteiger partial charge in [0.25, 0.3) is 0 Å². The second kappa shape index (κ2) is 4.04. The molecule has 0 spiro atoms. The average molecular weight is 273 g/mol. The molecule has 104 valence electrons. The first-order valence-electron chi connectivity index (χ1n) is 6.77. The van der Waals surface area contributed by atoms with Crippen molar-refractivity contribution in [2.24, 2.45) is 0 Å². The van der Waals surface area contributed by atoms with Crippen molar-refractivity contribution in [3.8, 4) is 0 Å². The number of hydrogen-bond acceptors (Lipinski definition) is 5. The van der Waals surface area contributed by atoms with Crippen molar-refractivity contribution >= 4 is 17.5 Å². The van der Waals surface area contributed by atoms with Crippen LogP contribution in [0.25, 0.3) is 0 Å². The van der Waals surface area contributed by atoms with Crippen molar-refractivity contribution in [1.82, 2.24) is 10.2 Å². The molecule has 4 rings (SSSR count). The van der Waals surface area contributed by atoms with Gasteiger partial charge in [0, 0.05) is 18.7 Å². The van der Waals surface area contributed by atoms with E-state index >= 15 is 0 Å². The molecule has 1 aromatic rings. The minimum absolute atomic E-state index is 0.00711. The van der Waals surface area contributed by atoms with Gasteiger partial charge in [-0.05, 0) is 23.6 Å². The third kappa shape index (κ3) is 1.65. The highest BCUT2D eigenvalue weighted by Gasteiger charge is 2.53. The lowest BCUT2D eigenvalue weighted by Crippen LogP contribution is -2.53. The van der Waals surface area contributed by atoms with E-state index in [0.29, 0.717) is 19.4 Å². The Hall–Kier alpha value is -1.92. The fourth-order valence-corrected chi connectivity index (χ4v) is 3.21. The van der Waals surface area contributed by atoms with Crippen LogP contribution in [-0.4, -0.2) is 29.0 Å². The highest BCUT2D eigenvalue weighted by molar-refractivity contribution is 6.00. The lowest BCUT2D eigenvalue weighted by molar-refractivity contribution is -0.138. The maximum Gasteiger partial charge on any atom is 0.244 e. The van der Waals surface area contributed by atoms with Crippen LogP contribution < -0.4 is 11.1 Å². The highest BCUT2D eigenvalue weighted by Crippen LogP contribution is 2.49. The zero-order valence-electron chi connectivity index (χ0n) is 10.8. The molecule has 0 aromatic heterocycles. The van der Waals surface area contributed by atoms with Gasteiger partial charge in [0.2, 0.25) is 11.8 Å². The quantitative estimate of drug-likeness (QED) is 0.436. The molecule has 0 radical (unpaired) electrons. The molecule has 3 aliphatic heterocycles. The SMILES string of the molecule is Nc1cccc2c1CN(C1CCC(=O)NC1=O)C1OC21. The Morgan fingerprint density at radius 2 is 2.20 bits per heavy atom. The maximum absolute atomic E-state index is 12.0. The molecule has 0 aliphatic carbocycles. The summed E-state index contributed by atoms with van der Waals surface area (Å²) in [6.07, 6.45) is 0.863. The van der Waals surface area contributed by atoms with Crippen LogP contribution in [0.4, 0.5) is 5.69 Å². The smallest absolute Gasteiger partial charge is 0.244 e. The summed E-state index contributed by atoms with van der Waals surface area (Å²) >= 11 is 0. The van der Waals surface area contributed by atoms with E-state index < -0.39 is 0 Å². The molecule has 0 bridgehead atoms. The molecule has 20 heavy (non-hydrogen) atoms. The topological polar surface area (TPSA) is 88.0 Å². The maximum atomic E-state index is 12.0. The number of piperidine rings is 1. The lowest BCUT2D eigenvalue weighted by atomic mass is 9.95. The van der Waals surface area contributed by atoms with Crippen molar-refractivity contribution in [2.45, 2.75) is 37.8 Å². The summed E-state index contributed by atoms with van der Waals surface area (Å²) in [5, 5.41) is 2.40. The molecule has 3 unspecified atom stereocenters. The Kier molecular flexibility index (Phi) is 2.40. The van der Waals surface area contributed by atoms with Crippen molar-refractivity contribution in [2.75, 3.05) is 5.73 Å². The molecule has 1 aromatic carbocycles. The first-order valence-corrected chi connectivity index (χ1v) is 6.77. The van der Waals surface area contributed by atoms with E-state index in [4.69, 9.17) is 10.5 Å². The van der Waals surface area contributed by atoms with Gasteiger partial charge in [-0.25, -0.2) is 0 Å². The summed E-state index contributed by atoms with van der Waals surface area (Å²) in [6, 6.07) is 5.51. The number of rotatable bonds is 1. The van der Waals surface area contributed by atoms with Crippen LogP contribution in [0.3, 0.4) is 0 Å². The second-order valence-corrected chi connectivity index (χ2v) is 5.50. The molecular weight excluding hydrogens is 258 g/mol. The Balaban J connectivity index is 1.65. The lowest BCUT2D eigenvalue weighted by Gasteiger charge is -2.34. The first kappa shape index (κ1) is 11.9. The molecule has 3 N–H and O–H groups in total. The number of ether oxygens (including phenoxy) is 1. The number of amides is 2. The van der Waals surface area contributed by atoms with Gasteiger partial charge in [0.1, 0.15) is 12.3 Å². The van der Waals surface area contributed by atoms with Gasteiger partial charge in [-0.1, -0.05) is 12.1 Å². The molecule has 3 heterocycles. The minimum atomic E-state index is -0.310. The largest absolute Gasteiger partial charge is 0.398 e. The summed E-state index contributed by atoms with van der Waals surface area (Å²) in [6.45, 7) is 0.593. The molecule has 3 aliphatic rings. The number of carbonyl (C=O) groups excluding carboxylic acids is 2. The number of nitrogen functional groups attached to an aromatic ring is 1. The van der Waals surface area contributed by atoms with Gasteiger partial charge in [-0.2, -0.15) is 0 Å². The Morgan fingerprint density at radius 1 is 1.35 bits per heavy atom. The van der Waals surface area contributed by atoms with Crippen molar-refractivity contribution in [3.05, 3.63) is 29.3 Å². The Bertz CT molecular complexity index is 616. The van der Waals surface area contributed by atoms with E-state index in [1.807, 2.05) is 23.1 Å². The van der Waals surface area contributed by atoms with E-state index in [9.17, 15) is 9.59 Å². The van der Waals surface area contributed by atoms with E-state index in [1.54, 1.807) is 0 Å². The number of hydrogen-bond donors (Lipinski definition) is 2. The third-order valence-corrected chi connectivity index (χ3v) is 4.30. The van der Waals surface area contributed by atoms with Crippen LogP contribution in [0.15, 0.2) is 18.2 Å². The number of anilines is 1. The standard InChI is InChI=1S/C14H15N3O3/c15-9-3-1-2-7-8(9)6-17(14-12(7)20-14)10-4-5-11(18)16-13(10)19/h1-3,10,12,14H,4-6,15H2,(H,16,18,19). The van der Waals surface area contributed by atoms with E-state index in [2.05, 4.69) is 5.32 Å². The number of nitrogens with one attached hydrogen (secondary N) is 1. The predicted octanol–water partition coefficient (Wildman–Crippen LogP) is 0.287. The van der Waals surface area contributed by atoms with E-state index in [1.165, 1.54) is 0 Å². The molecule has 6 heteroatoms. The average Bonchev–Trinajstić information content (AvgIpc) is 3.19. The first-order chi connectivity index (χ1) is 9.65. The van der Waals surface area contributed by atoms with Gasteiger partial charge >= 0.3 is 0 Å². The molecule has 6 nitrogen and oxygen atoms in total. The monoisotopic (exact) mass is 273 g/mol. The van der Waals surface area contributed by atoms with Gasteiger partial charge in [-0.3, -0.25) is 19.8 Å². The van der Waals surface area contributed by atoms with Crippen molar-refractivity contribution in [1.29, 1.82) is 0 Å². The van der Waals surface area contributed by atoms with Gasteiger partial charge in [0.05, 0.1) is 6.04 Å². The number of imide groups is 1. The molecular formula is C14H15N3O3. The molecule has 0 saturated carbocycles. The molecule has 3 atom stereocenters. The van der Waals surface area contributed by atoms with Crippen molar-refractivity contribution < 1.29 is 14.3 Å². The zero-order valence-corrected chi connectivity index (χ0v) is 10.8. The fraction of sp³-hybridized carbons (Fsp3) is 0.429. The highest BCUT2D eigenvalue weighted by atomic mass is 16.6. The fourth-order valence-electron chi connectivity index (χ4n) is 3.21. The van der Waals surface area contributed by atoms with Crippen LogP contribution in [0.2, 0.25) is 0 Å². The summed E-state index contributed by atoms with van der Waals surface area (Å²) in [5.74, 6) is -0.426. The van der Waals surface area contributed by atoms with Crippen LogP contribution in [0.5, 0.6) is 0 Å². The Labute approximate surface area is 115 Å². The summed E-state index contributed by atoms with van der Waals surface area (Å²) in [7, 11) is 0. The number of epoxide rings is 1. The number of carbonyl (C=O) groups is 2. The van der Waals surface area contributed by atoms with Gasteiger partial charge < -0.3 is 10.5 Å². The predicted molar refractivity (Wildman–Crippen MR) is 70.2 cm³/mol. The van der Waals surface area contributed by atoms with Crippen LogP contribution in [0.1, 0.15) is 30.1 Å². The van der Waals surface area contributed by atoms with E-state index in [-0.39, 0.29) is 30.2 Å².